The fourth-order valence-electron chi connectivity index (χ4n) is 2.15. The van der Waals surface area contributed by atoms with E-state index >= 15 is 0 Å². The molecule has 2 aromatic carbocycles. The van der Waals surface area contributed by atoms with Crippen molar-refractivity contribution in [2.45, 2.75) is 6.61 Å². The van der Waals surface area contributed by atoms with Crippen LogP contribution in [0.2, 0.25) is 5.02 Å². The lowest BCUT2D eigenvalue weighted by Gasteiger charge is -2.12. The molecule has 0 radical (unpaired) electrons. The number of rotatable bonds is 8. The molecule has 2 aromatic rings. The normalized spacial score (nSPS) is 10.1. The van der Waals surface area contributed by atoms with E-state index in [1.807, 2.05) is 0 Å². The Balaban J connectivity index is 2.10. The predicted octanol–water partition coefficient (Wildman–Crippen LogP) is 2.58. The zero-order valence-corrected chi connectivity index (χ0v) is 15.0. The first-order valence-electron chi connectivity index (χ1n) is 7.53. The number of nitrogens with two attached hydrogens (primary N) is 1. The van der Waals surface area contributed by atoms with E-state index in [4.69, 9.17) is 36.3 Å². The van der Waals surface area contributed by atoms with Crippen LogP contribution in [0.25, 0.3) is 0 Å². The van der Waals surface area contributed by atoms with Gasteiger partial charge in [0, 0.05) is 10.6 Å². The van der Waals surface area contributed by atoms with Crippen LogP contribution in [-0.4, -0.2) is 32.7 Å². The van der Waals surface area contributed by atoms with Gasteiger partial charge in [0.1, 0.15) is 12.4 Å². The first kappa shape index (κ1) is 19.4. The summed E-state index contributed by atoms with van der Waals surface area (Å²) in [7, 11) is 2.93. The molecular weight excluding hydrogens is 362 g/mol. The smallest absolute Gasteiger partial charge is 0.338 e. The van der Waals surface area contributed by atoms with E-state index in [-0.39, 0.29) is 24.5 Å². The average molecular weight is 380 g/mol. The maximum atomic E-state index is 12.3. The highest BCUT2D eigenvalue weighted by Crippen LogP contribution is 2.29. The summed E-state index contributed by atoms with van der Waals surface area (Å²) in [5.41, 5.74) is 5.94. The van der Waals surface area contributed by atoms with Crippen LogP contribution in [0.4, 0.5) is 0 Å². The lowest BCUT2D eigenvalue weighted by molar-refractivity contribution is -0.119. The number of benzene rings is 2. The van der Waals surface area contributed by atoms with Gasteiger partial charge in [-0.05, 0) is 36.4 Å². The Kier molecular flexibility index (Phi) is 6.68. The largest absolute Gasteiger partial charge is 0.496 e. The minimum Gasteiger partial charge on any atom is -0.496 e. The van der Waals surface area contributed by atoms with E-state index in [0.717, 1.165) is 0 Å². The first-order chi connectivity index (χ1) is 12.4. The van der Waals surface area contributed by atoms with Crippen molar-refractivity contribution in [3.05, 3.63) is 52.5 Å². The van der Waals surface area contributed by atoms with Gasteiger partial charge >= 0.3 is 5.97 Å². The molecule has 2 N–H and O–H groups in total. The van der Waals surface area contributed by atoms with Gasteiger partial charge in [-0.15, -0.1) is 0 Å². The van der Waals surface area contributed by atoms with Gasteiger partial charge in [-0.25, -0.2) is 4.79 Å². The van der Waals surface area contributed by atoms with Crippen molar-refractivity contribution in [2.75, 3.05) is 20.8 Å². The third-order valence-corrected chi connectivity index (χ3v) is 3.61. The first-order valence-corrected chi connectivity index (χ1v) is 7.91. The highest BCUT2D eigenvalue weighted by atomic mass is 35.5. The molecule has 0 aliphatic carbocycles. The van der Waals surface area contributed by atoms with E-state index in [1.54, 1.807) is 18.2 Å². The van der Waals surface area contributed by atoms with Crippen LogP contribution in [0.15, 0.2) is 36.4 Å². The second-order valence-electron chi connectivity index (χ2n) is 5.15. The van der Waals surface area contributed by atoms with Crippen LogP contribution in [0.5, 0.6) is 17.2 Å². The van der Waals surface area contributed by atoms with Gasteiger partial charge in [0.25, 0.3) is 5.91 Å². The Morgan fingerprint density at radius 2 is 1.69 bits per heavy atom. The fraction of sp³-hybridized carbons (Fsp3) is 0.222. The summed E-state index contributed by atoms with van der Waals surface area (Å²) >= 11 is 5.96. The highest BCUT2D eigenvalue weighted by molar-refractivity contribution is 6.30. The topological polar surface area (TPSA) is 97.1 Å². The van der Waals surface area contributed by atoms with Gasteiger partial charge in [-0.2, -0.15) is 0 Å². The number of hydrogen-bond donors (Lipinski definition) is 1. The van der Waals surface area contributed by atoms with E-state index in [9.17, 15) is 9.59 Å². The minimum atomic E-state index is -0.619. The van der Waals surface area contributed by atoms with Crippen molar-refractivity contribution in [3.8, 4) is 17.2 Å². The molecule has 26 heavy (non-hydrogen) atoms. The molecule has 0 heterocycles. The third-order valence-electron chi connectivity index (χ3n) is 3.37. The van der Waals surface area contributed by atoms with E-state index < -0.39 is 11.9 Å². The number of halogens is 1. The van der Waals surface area contributed by atoms with Crippen LogP contribution in [0.1, 0.15) is 15.9 Å². The summed E-state index contributed by atoms with van der Waals surface area (Å²) in [6, 6.07) is 9.48. The lowest BCUT2D eigenvalue weighted by atomic mass is 10.2. The molecule has 2 rings (SSSR count). The number of ether oxygens (including phenoxy) is 4. The molecule has 0 aliphatic rings. The van der Waals surface area contributed by atoms with Crippen LogP contribution in [0, 0.1) is 0 Å². The Hall–Kier alpha value is -2.93. The standard InChI is InChI=1S/C18H18ClNO6/c1-23-14-6-4-13(19)7-12(14)9-26-18(22)11-3-5-15(16(8-11)24-2)25-10-17(20)21/h3-8H,9-10H2,1-2H3,(H2,20,21). The van der Waals surface area contributed by atoms with Gasteiger partial charge in [-0.3, -0.25) is 4.79 Å². The molecular formula is C18H18ClNO6. The van der Waals surface area contributed by atoms with Crippen LogP contribution >= 0.6 is 11.6 Å². The van der Waals surface area contributed by atoms with Crippen molar-refractivity contribution in [1.29, 1.82) is 0 Å². The van der Waals surface area contributed by atoms with Crippen LogP contribution in [-0.2, 0) is 16.1 Å². The minimum absolute atomic E-state index is 0.00912. The lowest BCUT2D eigenvalue weighted by Crippen LogP contribution is -2.20. The Bertz CT molecular complexity index is 808. The number of esters is 1. The fourth-order valence-corrected chi connectivity index (χ4v) is 2.34. The Labute approximate surface area is 155 Å². The van der Waals surface area contributed by atoms with E-state index in [0.29, 0.717) is 22.1 Å². The van der Waals surface area contributed by atoms with Crippen molar-refractivity contribution >= 4 is 23.5 Å². The Morgan fingerprint density at radius 3 is 2.35 bits per heavy atom. The number of carbonyl (C=O) groups excluding carboxylic acids is 2. The van der Waals surface area contributed by atoms with Crippen molar-refractivity contribution in [1.82, 2.24) is 0 Å². The zero-order chi connectivity index (χ0) is 19.1. The molecule has 0 unspecified atom stereocenters. The van der Waals surface area contributed by atoms with E-state index in [1.165, 1.54) is 32.4 Å². The molecule has 138 valence electrons. The molecule has 0 fully saturated rings. The molecule has 0 saturated heterocycles. The molecule has 0 aromatic heterocycles. The second-order valence-corrected chi connectivity index (χ2v) is 5.59. The maximum absolute atomic E-state index is 12.3. The molecule has 1 amide bonds. The molecule has 0 aliphatic heterocycles. The number of methoxy groups -OCH3 is 2. The van der Waals surface area contributed by atoms with Crippen molar-refractivity contribution in [2.24, 2.45) is 5.73 Å². The van der Waals surface area contributed by atoms with Gasteiger partial charge < -0.3 is 24.7 Å². The molecule has 0 spiro atoms. The number of carbonyl (C=O) groups is 2. The molecule has 7 nitrogen and oxygen atoms in total. The van der Waals surface area contributed by atoms with E-state index in [2.05, 4.69) is 0 Å². The average Bonchev–Trinajstić information content (AvgIpc) is 2.64. The third kappa shape index (κ3) is 5.03. The predicted molar refractivity (Wildman–Crippen MR) is 94.8 cm³/mol. The summed E-state index contributed by atoms with van der Waals surface area (Å²) in [6.45, 7) is -0.306. The van der Waals surface area contributed by atoms with Gasteiger partial charge in [-0.1, -0.05) is 11.6 Å². The summed E-state index contributed by atoms with van der Waals surface area (Å²) in [6.07, 6.45) is 0. The monoisotopic (exact) mass is 379 g/mol. The van der Waals surface area contributed by atoms with Crippen molar-refractivity contribution in [3.63, 3.8) is 0 Å². The summed E-state index contributed by atoms with van der Waals surface area (Å²) in [5.74, 6) is -0.0480. The highest BCUT2D eigenvalue weighted by Gasteiger charge is 2.14. The quantitative estimate of drug-likeness (QED) is 0.708. The SMILES string of the molecule is COc1ccc(Cl)cc1COC(=O)c1ccc(OCC(N)=O)c(OC)c1. The van der Waals surface area contributed by atoms with Crippen molar-refractivity contribution < 1.29 is 28.5 Å². The molecule has 0 atom stereocenters. The van der Waals surface area contributed by atoms with Gasteiger partial charge in [0.05, 0.1) is 19.8 Å². The summed E-state index contributed by atoms with van der Waals surface area (Å²) in [4.78, 5) is 23.1. The van der Waals surface area contributed by atoms with Crippen LogP contribution in [0.3, 0.4) is 0 Å². The van der Waals surface area contributed by atoms with Gasteiger partial charge in [0.15, 0.2) is 18.1 Å². The molecule has 0 bridgehead atoms. The van der Waals surface area contributed by atoms with Gasteiger partial charge in [0.2, 0.25) is 0 Å². The summed E-state index contributed by atoms with van der Waals surface area (Å²) < 4.78 is 20.9. The molecule has 0 saturated carbocycles. The second kappa shape index (κ2) is 8.96. The molecule has 8 heteroatoms. The maximum Gasteiger partial charge on any atom is 0.338 e. The number of amides is 1. The number of primary amides is 1. The number of hydrogen-bond acceptors (Lipinski definition) is 6. The summed E-state index contributed by atoms with van der Waals surface area (Å²) in [5, 5.41) is 0.509. The zero-order valence-electron chi connectivity index (χ0n) is 14.3. The Morgan fingerprint density at radius 1 is 1.00 bits per heavy atom. The van der Waals surface area contributed by atoms with Crippen LogP contribution < -0.4 is 19.9 Å².